The van der Waals surface area contributed by atoms with E-state index < -0.39 is 27.6 Å². The second kappa shape index (κ2) is 6.29. The molecule has 2 N–H and O–H groups in total. The number of nitrogens with one attached hydrogen (secondary N) is 2. The minimum absolute atomic E-state index is 0.0117. The predicted molar refractivity (Wildman–Crippen MR) is 84.1 cm³/mol. The molecule has 0 unspecified atom stereocenters. The predicted octanol–water partition coefficient (Wildman–Crippen LogP) is 2.66. The van der Waals surface area contributed by atoms with E-state index in [0.29, 0.717) is 6.07 Å². The van der Waals surface area contributed by atoms with Gasteiger partial charge in [0.2, 0.25) is 10.0 Å². The number of amides is 1. The summed E-state index contributed by atoms with van der Waals surface area (Å²) in [5.41, 5.74) is 0.0141. The number of benzene rings is 2. The van der Waals surface area contributed by atoms with E-state index >= 15 is 0 Å². The van der Waals surface area contributed by atoms with Crippen molar-refractivity contribution >= 4 is 21.6 Å². The molecule has 1 aliphatic carbocycles. The number of carbonyl (C=O) groups is 1. The lowest BCUT2D eigenvalue weighted by Gasteiger charge is -2.09. The monoisotopic (exact) mass is 352 g/mol. The molecule has 0 aliphatic heterocycles. The fourth-order valence-electron chi connectivity index (χ4n) is 2.12. The Kier molecular flexibility index (Phi) is 4.33. The van der Waals surface area contributed by atoms with Crippen molar-refractivity contribution in [1.29, 1.82) is 0 Å². The summed E-state index contributed by atoms with van der Waals surface area (Å²) in [5.74, 6) is -2.48. The van der Waals surface area contributed by atoms with Gasteiger partial charge in [-0.2, -0.15) is 0 Å². The molecule has 0 heterocycles. The summed E-state index contributed by atoms with van der Waals surface area (Å²) in [6.07, 6.45) is 1.61. The Bertz CT molecular complexity index is 876. The van der Waals surface area contributed by atoms with Gasteiger partial charge >= 0.3 is 0 Å². The molecule has 0 bridgehead atoms. The van der Waals surface area contributed by atoms with Crippen LogP contribution < -0.4 is 10.0 Å². The first-order chi connectivity index (χ1) is 11.3. The van der Waals surface area contributed by atoms with Crippen LogP contribution in [0, 0.1) is 11.6 Å². The lowest BCUT2D eigenvalue weighted by molar-refractivity contribution is 0.102. The van der Waals surface area contributed by atoms with Crippen LogP contribution in [0.15, 0.2) is 47.4 Å². The quantitative estimate of drug-likeness (QED) is 0.869. The molecule has 1 aliphatic rings. The number of hydrogen-bond acceptors (Lipinski definition) is 3. The molecule has 24 heavy (non-hydrogen) atoms. The Balaban J connectivity index is 1.80. The van der Waals surface area contributed by atoms with Gasteiger partial charge in [0.1, 0.15) is 11.6 Å². The molecule has 1 saturated carbocycles. The van der Waals surface area contributed by atoms with E-state index in [0.717, 1.165) is 25.0 Å². The Morgan fingerprint density at radius 2 is 1.71 bits per heavy atom. The molecular formula is C16H14F2N2O3S. The zero-order valence-corrected chi connectivity index (χ0v) is 13.2. The number of carbonyl (C=O) groups excluding carboxylic acids is 1. The fourth-order valence-corrected chi connectivity index (χ4v) is 3.47. The zero-order chi connectivity index (χ0) is 17.3. The number of hydrogen-bond donors (Lipinski definition) is 2. The van der Waals surface area contributed by atoms with Gasteiger partial charge in [-0.1, -0.05) is 6.07 Å². The van der Waals surface area contributed by atoms with Crippen LogP contribution in [0.5, 0.6) is 0 Å². The fraction of sp³-hybridized carbons (Fsp3) is 0.188. The molecule has 5 nitrogen and oxygen atoms in total. The van der Waals surface area contributed by atoms with E-state index in [2.05, 4.69) is 10.0 Å². The first-order valence-corrected chi connectivity index (χ1v) is 8.72. The van der Waals surface area contributed by atoms with Gasteiger partial charge < -0.3 is 5.32 Å². The van der Waals surface area contributed by atoms with Crippen LogP contribution in [0.2, 0.25) is 0 Å². The second-order valence-corrected chi connectivity index (χ2v) is 7.25. The molecule has 0 atom stereocenters. The maximum atomic E-state index is 13.2. The number of anilines is 1. The van der Waals surface area contributed by atoms with Crippen LogP contribution >= 0.6 is 0 Å². The molecule has 1 amide bonds. The summed E-state index contributed by atoms with van der Waals surface area (Å²) in [5, 5.41) is 2.43. The van der Waals surface area contributed by atoms with E-state index in [1.165, 1.54) is 24.3 Å². The molecule has 1 fully saturated rings. The van der Waals surface area contributed by atoms with Crippen LogP contribution in [0.4, 0.5) is 14.5 Å². The topological polar surface area (TPSA) is 75.3 Å². The average Bonchev–Trinajstić information content (AvgIpc) is 3.30. The van der Waals surface area contributed by atoms with Gasteiger partial charge in [0.25, 0.3) is 5.91 Å². The van der Waals surface area contributed by atoms with Gasteiger partial charge in [-0.25, -0.2) is 21.9 Å². The van der Waals surface area contributed by atoms with E-state index in [-0.39, 0.29) is 22.2 Å². The highest BCUT2D eigenvalue weighted by molar-refractivity contribution is 7.89. The largest absolute Gasteiger partial charge is 0.322 e. The molecule has 3 rings (SSSR count). The Labute approximate surface area is 137 Å². The summed E-state index contributed by atoms with van der Waals surface area (Å²) in [6.45, 7) is 0. The van der Waals surface area contributed by atoms with Crippen LogP contribution in [-0.4, -0.2) is 20.4 Å². The molecule has 126 valence electrons. The van der Waals surface area contributed by atoms with Gasteiger partial charge in [-0.05, 0) is 43.2 Å². The number of rotatable bonds is 5. The Morgan fingerprint density at radius 3 is 2.33 bits per heavy atom. The first-order valence-electron chi connectivity index (χ1n) is 7.23. The van der Waals surface area contributed by atoms with Crippen LogP contribution in [0.1, 0.15) is 23.2 Å². The first kappa shape index (κ1) is 16.5. The van der Waals surface area contributed by atoms with Crippen molar-refractivity contribution in [3.63, 3.8) is 0 Å². The van der Waals surface area contributed by atoms with Gasteiger partial charge in [-0.15, -0.1) is 0 Å². The van der Waals surface area contributed by atoms with E-state index in [4.69, 9.17) is 0 Å². The second-order valence-electron chi connectivity index (χ2n) is 5.54. The summed E-state index contributed by atoms with van der Waals surface area (Å²) < 4.78 is 53.2. The Hall–Kier alpha value is -2.32. The lowest BCUT2D eigenvalue weighted by Crippen LogP contribution is -2.25. The molecule has 8 heteroatoms. The molecule has 0 saturated heterocycles. The summed E-state index contributed by atoms with van der Waals surface area (Å²) in [6, 6.07) is 8.07. The zero-order valence-electron chi connectivity index (χ0n) is 12.4. The van der Waals surface area contributed by atoms with Crippen molar-refractivity contribution in [3.8, 4) is 0 Å². The minimum atomic E-state index is -3.65. The van der Waals surface area contributed by atoms with Crippen molar-refractivity contribution in [2.24, 2.45) is 0 Å². The van der Waals surface area contributed by atoms with Gasteiger partial charge in [0, 0.05) is 23.4 Å². The smallest absolute Gasteiger partial charge is 0.255 e. The third-order valence-electron chi connectivity index (χ3n) is 3.43. The van der Waals surface area contributed by atoms with Crippen molar-refractivity contribution in [2.45, 2.75) is 23.8 Å². The average molecular weight is 352 g/mol. The van der Waals surface area contributed by atoms with Crippen LogP contribution in [0.3, 0.4) is 0 Å². The molecule has 2 aromatic rings. The molecule has 0 spiro atoms. The van der Waals surface area contributed by atoms with Crippen molar-refractivity contribution < 1.29 is 22.0 Å². The van der Waals surface area contributed by atoms with Gasteiger partial charge in [0.05, 0.1) is 4.90 Å². The van der Waals surface area contributed by atoms with Crippen LogP contribution in [0.25, 0.3) is 0 Å². The summed E-state index contributed by atoms with van der Waals surface area (Å²) in [7, 11) is -3.65. The normalized spacial score (nSPS) is 14.4. The molecule has 0 aromatic heterocycles. The highest BCUT2D eigenvalue weighted by Crippen LogP contribution is 2.23. The number of sulfonamides is 1. The summed E-state index contributed by atoms with van der Waals surface area (Å²) >= 11 is 0. The highest BCUT2D eigenvalue weighted by Gasteiger charge is 2.28. The van der Waals surface area contributed by atoms with E-state index in [9.17, 15) is 22.0 Å². The third kappa shape index (κ3) is 3.95. The molecular weight excluding hydrogens is 338 g/mol. The minimum Gasteiger partial charge on any atom is -0.322 e. The van der Waals surface area contributed by atoms with Crippen molar-refractivity contribution in [2.75, 3.05) is 5.32 Å². The Morgan fingerprint density at radius 1 is 1.04 bits per heavy atom. The van der Waals surface area contributed by atoms with Crippen LogP contribution in [-0.2, 0) is 10.0 Å². The maximum Gasteiger partial charge on any atom is 0.255 e. The highest BCUT2D eigenvalue weighted by atomic mass is 32.2. The van der Waals surface area contributed by atoms with Gasteiger partial charge in [-0.3, -0.25) is 4.79 Å². The van der Waals surface area contributed by atoms with Crippen molar-refractivity contribution in [3.05, 3.63) is 59.7 Å². The lowest BCUT2D eigenvalue weighted by atomic mass is 10.2. The molecule has 2 aromatic carbocycles. The summed E-state index contributed by atoms with van der Waals surface area (Å²) in [4.78, 5) is 12.1. The van der Waals surface area contributed by atoms with E-state index in [1.807, 2.05) is 0 Å². The van der Waals surface area contributed by atoms with Crippen molar-refractivity contribution in [1.82, 2.24) is 4.72 Å². The number of halogens is 2. The third-order valence-corrected chi connectivity index (χ3v) is 4.94. The SMILES string of the molecule is O=C(Nc1cccc(S(=O)(=O)NC2CC2)c1)c1cc(F)cc(F)c1. The van der Waals surface area contributed by atoms with Gasteiger partial charge in [0.15, 0.2) is 0 Å². The maximum absolute atomic E-state index is 13.2. The molecule has 0 radical (unpaired) electrons. The standard InChI is InChI=1S/C16H14F2N2O3S/c17-11-6-10(7-12(18)8-11)16(21)19-14-2-1-3-15(9-14)24(22,23)20-13-4-5-13/h1-3,6-9,13,20H,4-5H2,(H,19,21). The van der Waals surface area contributed by atoms with E-state index in [1.54, 1.807) is 0 Å².